The van der Waals surface area contributed by atoms with Crippen molar-refractivity contribution < 1.29 is 10.1 Å². The molecular formula is C17H22N3O2S2+. The SMILES string of the molecule is CCOCCC[NH2+][C@@H](C)c1nc2scc(-c3cccs3)c2c(=O)[nH]1. The Morgan fingerprint density at radius 2 is 2.29 bits per heavy atom. The Kier molecular flexibility index (Phi) is 5.78. The number of nitrogens with one attached hydrogen (secondary N) is 1. The molecule has 0 saturated heterocycles. The van der Waals surface area contributed by atoms with Crippen LogP contribution in [0.25, 0.3) is 20.7 Å². The van der Waals surface area contributed by atoms with Gasteiger partial charge in [-0.25, -0.2) is 4.98 Å². The van der Waals surface area contributed by atoms with Crippen LogP contribution in [-0.2, 0) is 4.74 Å². The van der Waals surface area contributed by atoms with Crippen molar-refractivity contribution in [3.05, 3.63) is 39.1 Å². The van der Waals surface area contributed by atoms with E-state index in [1.807, 2.05) is 29.8 Å². The molecule has 0 amide bonds. The monoisotopic (exact) mass is 364 g/mol. The number of H-pyrrole nitrogens is 1. The van der Waals surface area contributed by atoms with Gasteiger partial charge in [-0.15, -0.1) is 22.7 Å². The van der Waals surface area contributed by atoms with Crippen molar-refractivity contribution in [2.24, 2.45) is 0 Å². The van der Waals surface area contributed by atoms with Crippen LogP contribution in [0.2, 0.25) is 0 Å². The average molecular weight is 365 g/mol. The molecule has 0 bridgehead atoms. The first-order valence-electron chi connectivity index (χ1n) is 8.17. The van der Waals surface area contributed by atoms with Crippen molar-refractivity contribution in [1.82, 2.24) is 9.97 Å². The smallest absolute Gasteiger partial charge is 0.260 e. The van der Waals surface area contributed by atoms with Gasteiger partial charge in [-0.05, 0) is 25.3 Å². The van der Waals surface area contributed by atoms with E-state index in [9.17, 15) is 4.79 Å². The number of fused-ring (bicyclic) bond motifs is 1. The zero-order valence-corrected chi connectivity index (χ0v) is 15.5. The van der Waals surface area contributed by atoms with Crippen LogP contribution in [-0.4, -0.2) is 29.7 Å². The first kappa shape index (κ1) is 17.3. The summed E-state index contributed by atoms with van der Waals surface area (Å²) in [6, 6.07) is 4.16. The molecular weight excluding hydrogens is 342 g/mol. The molecule has 0 aliphatic heterocycles. The number of aromatic nitrogens is 2. The lowest BCUT2D eigenvalue weighted by Gasteiger charge is -2.10. The molecule has 0 spiro atoms. The number of quaternary nitrogens is 1. The maximum absolute atomic E-state index is 12.6. The van der Waals surface area contributed by atoms with Crippen molar-refractivity contribution in [2.45, 2.75) is 26.3 Å². The summed E-state index contributed by atoms with van der Waals surface area (Å²) in [4.78, 5) is 22.2. The van der Waals surface area contributed by atoms with Crippen molar-refractivity contribution in [3.8, 4) is 10.4 Å². The molecule has 24 heavy (non-hydrogen) atoms. The van der Waals surface area contributed by atoms with Crippen molar-refractivity contribution >= 4 is 32.9 Å². The summed E-state index contributed by atoms with van der Waals surface area (Å²) in [5, 5.41) is 6.94. The Balaban J connectivity index is 1.78. The Labute approximate surface area is 148 Å². The van der Waals surface area contributed by atoms with Crippen LogP contribution in [0.1, 0.15) is 32.1 Å². The number of nitrogens with two attached hydrogens (primary N) is 1. The van der Waals surface area contributed by atoms with Gasteiger partial charge < -0.3 is 15.0 Å². The van der Waals surface area contributed by atoms with Gasteiger partial charge in [0.25, 0.3) is 5.56 Å². The molecule has 3 rings (SSSR count). The van der Waals surface area contributed by atoms with E-state index in [4.69, 9.17) is 4.74 Å². The van der Waals surface area contributed by atoms with Crippen molar-refractivity contribution in [2.75, 3.05) is 19.8 Å². The summed E-state index contributed by atoms with van der Waals surface area (Å²) in [7, 11) is 0. The highest BCUT2D eigenvalue weighted by Gasteiger charge is 2.17. The number of ether oxygens (including phenoxy) is 1. The lowest BCUT2D eigenvalue weighted by molar-refractivity contribution is -0.694. The summed E-state index contributed by atoms with van der Waals surface area (Å²) in [5.41, 5.74) is 0.938. The fourth-order valence-corrected chi connectivity index (χ4v) is 4.37. The Morgan fingerprint density at radius 3 is 3.04 bits per heavy atom. The first-order chi connectivity index (χ1) is 11.7. The average Bonchev–Trinajstić information content (AvgIpc) is 3.23. The fourth-order valence-electron chi connectivity index (χ4n) is 2.60. The number of hydrogen-bond donors (Lipinski definition) is 2. The molecule has 0 aliphatic carbocycles. The molecule has 0 unspecified atom stereocenters. The predicted octanol–water partition coefficient (Wildman–Crippen LogP) is 2.76. The fraction of sp³-hybridized carbons (Fsp3) is 0.412. The highest BCUT2D eigenvalue weighted by molar-refractivity contribution is 7.18. The summed E-state index contributed by atoms with van der Waals surface area (Å²) in [6.45, 7) is 6.55. The first-order valence-corrected chi connectivity index (χ1v) is 9.93. The molecule has 1 atom stereocenters. The molecule has 0 saturated carbocycles. The molecule has 0 aliphatic rings. The van der Waals surface area contributed by atoms with E-state index in [1.54, 1.807) is 11.3 Å². The summed E-state index contributed by atoms with van der Waals surface area (Å²) < 4.78 is 5.35. The lowest BCUT2D eigenvalue weighted by Crippen LogP contribution is -2.85. The zero-order chi connectivity index (χ0) is 16.9. The second-order valence-corrected chi connectivity index (χ2v) is 7.43. The Morgan fingerprint density at radius 1 is 1.42 bits per heavy atom. The van der Waals surface area contributed by atoms with Crippen molar-refractivity contribution in [1.29, 1.82) is 0 Å². The largest absolute Gasteiger partial charge is 0.382 e. The number of rotatable bonds is 8. The Hall–Kier alpha value is -1.54. The highest BCUT2D eigenvalue weighted by Crippen LogP contribution is 2.33. The van der Waals surface area contributed by atoms with Gasteiger partial charge in [-0.3, -0.25) is 4.79 Å². The van der Waals surface area contributed by atoms with E-state index in [2.05, 4.69) is 22.2 Å². The van der Waals surface area contributed by atoms with Crippen LogP contribution in [0, 0.1) is 0 Å². The zero-order valence-electron chi connectivity index (χ0n) is 13.9. The van der Waals surface area contributed by atoms with E-state index < -0.39 is 0 Å². The van der Waals surface area contributed by atoms with Crippen LogP contribution in [0.5, 0.6) is 0 Å². The maximum Gasteiger partial charge on any atom is 0.260 e. The third kappa shape index (κ3) is 3.75. The number of hydrogen-bond acceptors (Lipinski definition) is 5. The number of thiophene rings is 2. The van der Waals surface area contributed by atoms with Crippen LogP contribution < -0.4 is 10.9 Å². The number of aromatic amines is 1. The van der Waals surface area contributed by atoms with Crippen LogP contribution in [0.3, 0.4) is 0 Å². The quantitative estimate of drug-likeness (QED) is 0.604. The van der Waals surface area contributed by atoms with Gasteiger partial charge in [-0.1, -0.05) is 6.07 Å². The standard InChI is InChI=1S/C17H21N3O2S2/c1-3-22-8-5-7-18-11(2)15-19-16(21)14-12(10-24-17(14)20-15)13-6-4-9-23-13/h4,6,9-11,18H,3,5,7-8H2,1-2H3,(H,19,20,21)/p+1/t11-/m0/s1. The normalized spacial score (nSPS) is 12.8. The lowest BCUT2D eigenvalue weighted by atomic mass is 10.2. The van der Waals surface area contributed by atoms with E-state index >= 15 is 0 Å². The molecule has 3 aromatic rings. The molecule has 0 fully saturated rings. The summed E-state index contributed by atoms with van der Waals surface area (Å²) >= 11 is 3.17. The van der Waals surface area contributed by atoms with Crippen LogP contribution >= 0.6 is 22.7 Å². The summed E-state index contributed by atoms with van der Waals surface area (Å²) in [6.07, 6.45) is 0.992. The van der Waals surface area contributed by atoms with Gasteiger partial charge in [0.05, 0.1) is 18.5 Å². The van der Waals surface area contributed by atoms with Gasteiger partial charge in [-0.2, -0.15) is 0 Å². The number of nitrogens with zero attached hydrogens (tertiary/aromatic N) is 1. The topological polar surface area (TPSA) is 71.6 Å². The molecule has 128 valence electrons. The van der Waals surface area contributed by atoms with Gasteiger partial charge in [0, 0.05) is 28.8 Å². The predicted molar refractivity (Wildman–Crippen MR) is 99.9 cm³/mol. The minimum Gasteiger partial charge on any atom is -0.382 e. The highest BCUT2D eigenvalue weighted by atomic mass is 32.1. The van der Waals surface area contributed by atoms with Crippen molar-refractivity contribution in [3.63, 3.8) is 0 Å². The molecule has 7 heteroatoms. The van der Waals surface area contributed by atoms with E-state index in [-0.39, 0.29) is 11.6 Å². The van der Waals surface area contributed by atoms with E-state index in [0.717, 1.165) is 47.3 Å². The minimum absolute atomic E-state index is 0.0470. The molecule has 3 N–H and O–H groups in total. The Bertz CT molecular complexity index is 839. The van der Waals surface area contributed by atoms with Gasteiger partial charge in [0.2, 0.25) is 0 Å². The molecule has 0 radical (unpaired) electrons. The van der Waals surface area contributed by atoms with E-state index in [0.29, 0.717) is 5.39 Å². The third-order valence-electron chi connectivity index (χ3n) is 3.90. The molecule has 0 aromatic carbocycles. The molecule has 3 heterocycles. The second-order valence-electron chi connectivity index (χ2n) is 5.62. The van der Waals surface area contributed by atoms with Gasteiger partial charge in [0.1, 0.15) is 10.9 Å². The molecule has 3 aromatic heterocycles. The van der Waals surface area contributed by atoms with Crippen LogP contribution in [0.4, 0.5) is 0 Å². The third-order valence-corrected chi connectivity index (χ3v) is 5.67. The van der Waals surface area contributed by atoms with Gasteiger partial charge >= 0.3 is 0 Å². The van der Waals surface area contributed by atoms with E-state index in [1.165, 1.54) is 11.3 Å². The van der Waals surface area contributed by atoms with Gasteiger partial charge in [0.15, 0.2) is 5.82 Å². The minimum atomic E-state index is -0.0470. The second kappa shape index (κ2) is 8.02. The maximum atomic E-state index is 12.6. The molecule has 5 nitrogen and oxygen atoms in total. The van der Waals surface area contributed by atoms with Crippen LogP contribution in [0.15, 0.2) is 27.7 Å². The summed E-state index contributed by atoms with van der Waals surface area (Å²) in [5.74, 6) is 0.739.